The molecule has 4 nitrogen and oxygen atoms in total. The summed E-state index contributed by atoms with van der Waals surface area (Å²) in [6, 6.07) is 0. The van der Waals surface area contributed by atoms with Crippen LogP contribution < -0.4 is 11.1 Å². The summed E-state index contributed by atoms with van der Waals surface area (Å²) in [6.07, 6.45) is 2.52. The van der Waals surface area contributed by atoms with Crippen LogP contribution in [0.5, 0.6) is 0 Å². The normalized spacial score (nSPS) is 17.1. The molecule has 1 aromatic rings. The van der Waals surface area contributed by atoms with Gasteiger partial charge >= 0.3 is 0 Å². The van der Waals surface area contributed by atoms with Crippen molar-refractivity contribution in [3.63, 3.8) is 0 Å². The Morgan fingerprint density at radius 3 is 2.82 bits per heavy atom. The molecule has 0 bridgehead atoms. The Hall–Kier alpha value is -0.680. The van der Waals surface area contributed by atoms with Gasteiger partial charge in [-0.15, -0.1) is 0 Å². The number of nitrogens with two attached hydrogens (primary N) is 1. The van der Waals surface area contributed by atoms with Gasteiger partial charge in [0, 0.05) is 6.54 Å². The number of halogens is 1. The number of nitrogen functional groups attached to an aromatic ring is 1. The predicted molar refractivity (Wildman–Crippen MR) is 74.7 cm³/mol. The summed E-state index contributed by atoms with van der Waals surface area (Å²) < 4.78 is 0. The van der Waals surface area contributed by atoms with E-state index in [1.807, 2.05) is 18.7 Å². The van der Waals surface area contributed by atoms with Gasteiger partial charge in [0.1, 0.15) is 0 Å². The minimum Gasteiger partial charge on any atom is -0.394 e. The van der Waals surface area contributed by atoms with Crippen LogP contribution in [0, 0.1) is 12.8 Å². The third-order valence-electron chi connectivity index (χ3n) is 3.01. The minimum absolute atomic E-state index is 0.249. The average molecular weight is 273 g/mol. The Balaban J connectivity index is 1.98. The number of aryl methyl sites for hydroxylation is 1. The van der Waals surface area contributed by atoms with Crippen LogP contribution in [0.4, 0.5) is 11.5 Å². The molecule has 94 valence electrons. The molecule has 0 saturated carbocycles. The van der Waals surface area contributed by atoms with Gasteiger partial charge in [0.15, 0.2) is 5.82 Å². The standard InChI is InChI=1S/C11H17ClN4S/c1-7-9(13)10(16-11(12)15-7)14-6-8-2-4-17-5-3-8/h8H,2-6,13H2,1H3,(H,14,15,16). The van der Waals surface area contributed by atoms with Gasteiger partial charge in [0.2, 0.25) is 5.28 Å². The second-order valence-corrected chi connectivity index (χ2v) is 5.84. The largest absolute Gasteiger partial charge is 0.394 e. The summed E-state index contributed by atoms with van der Waals surface area (Å²) >= 11 is 7.85. The van der Waals surface area contributed by atoms with Gasteiger partial charge in [0.25, 0.3) is 0 Å². The molecule has 17 heavy (non-hydrogen) atoms. The first-order valence-electron chi connectivity index (χ1n) is 5.78. The van der Waals surface area contributed by atoms with E-state index in [0.717, 1.165) is 12.2 Å². The summed E-state index contributed by atoms with van der Waals surface area (Å²) in [6.45, 7) is 2.75. The molecule has 3 N–H and O–H groups in total. The Bertz CT molecular complexity index is 393. The molecule has 0 aliphatic carbocycles. The summed E-state index contributed by atoms with van der Waals surface area (Å²) in [7, 11) is 0. The zero-order valence-electron chi connectivity index (χ0n) is 9.87. The smallest absolute Gasteiger partial charge is 0.224 e. The fourth-order valence-electron chi connectivity index (χ4n) is 1.87. The summed E-state index contributed by atoms with van der Waals surface area (Å²) in [5.41, 5.74) is 7.24. The first kappa shape index (κ1) is 12.8. The van der Waals surface area contributed by atoms with Crippen molar-refractivity contribution in [3.05, 3.63) is 11.0 Å². The Labute approximate surface area is 111 Å². The maximum atomic E-state index is 5.92. The van der Waals surface area contributed by atoms with E-state index < -0.39 is 0 Å². The van der Waals surface area contributed by atoms with Crippen LogP contribution in [-0.4, -0.2) is 28.0 Å². The van der Waals surface area contributed by atoms with Crippen LogP contribution in [0.2, 0.25) is 5.28 Å². The number of nitrogens with one attached hydrogen (secondary N) is 1. The lowest BCUT2D eigenvalue weighted by atomic mass is 10.0. The molecule has 2 rings (SSSR count). The van der Waals surface area contributed by atoms with Gasteiger partial charge in [-0.1, -0.05) is 0 Å². The van der Waals surface area contributed by atoms with Crippen LogP contribution in [0.15, 0.2) is 0 Å². The van der Waals surface area contributed by atoms with Crippen LogP contribution in [0.25, 0.3) is 0 Å². The average Bonchev–Trinajstić information content (AvgIpc) is 2.33. The van der Waals surface area contributed by atoms with Crippen LogP contribution in [0.3, 0.4) is 0 Å². The Kier molecular flexibility index (Phi) is 4.34. The highest BCUT2D eigenvalue weighted by molar-refractivity contribution is 7.99. The molecular formula is C11H17ClN4S. The van der Waals surface area contributed by atoms with Gasteiger partial charge < -0.3 is 11.1 Å². The van der Waals surface area contributed by atoms with E-state index in [2.05, 4.69) is 15.3 Å². The summed E-state index contributed by atoms with van der Waals surface area (Å²) in [4.78, 5) is 8.15. The maximum Gasteiger partial charge on any atom is 0.224 e. The minimum atomic E-state index is 0.249. The van der Waals surface area contributed by atoms with Crippen LogP contribution in [-0.2, 0) is 0 Å². The molecule has 1 aliphatic rings. The Morgan fingerprint density at radius 1 is 1.41 bits per heavy atom. The van der Waals surface area contributed by atoms with Gasteiger partial charge in [0.05, 0.1) is 11.4 Å². The van der Waals surface area contributed by atoms with E-state index in [1.165, 1.54) is 24.3 Å². The zero-order valence-corrected chi connectivity index (χ0v) is 11.4. The SMILES string of the molecule is Cc1nc(Cl)nc(NCC2CCSCC2)c1N. The molecule has 0 spiro atoms. The lowest BCUT2D eigenvalue weighted by molar-refractivity contribution is 0.515. The van der Waals surface area contributed by atoms with E-state index in [-0.39, 0.29) is 5.28 Å². The molecule has 1 fully saturated rings. The van der Waals surface area contributed by atoms with Crippen molar-refractivity contribution in [2.24, 2.45) is 5.92 Å². The molecule has 2 heterocycles. The molecule has 0 atom stereocenters. The number of anilines is 2. The number of aromatic nitrogens is 2. The summed E-state index contributed by atoms with van der Waals surface area (Å²) in [5.74, 6) is 3.89. The predicted octanol–water partition coefficient (Wildman–Crippen LogP) is 2.58. The lowest BCUT2D eigenvalue weighted by Crippen LogP contribution is -2.20. The second-order valence-electron chi connectivity index (χ2n) is 4.28. The fourth-order valence-corrected chi connectivity index (χ4v) is 3.29. The van der Waals surface area contributed by atoms with Crippen molar-refractivity contribution >= 4 is 34.9 Å². The highest BCUT2D eigenvalue weighted by Crippen LogP contribution is 2.25. The first-order chi connectivity index (χ1) is 8.16. The number of thioether (sulfide) groups is 1. The van der Waals surface area contributed by atoms with Crippen LogP contribution >= 0.6 is 23.4 Å². The number of hydrogen-bond donors (Lipinski definition) is 2. The molecule has 1 aromatic heterocycles. The molecule has 0 radical (unpaired) electrons. The van der Waals surface area contributed by atoms with Crippen molar-refractivity contribution in [2.45, 2.75) is 19.8 Å². The molecule has 6 heteroatoms. The van der Waals surface area contributed by atoms with E-state index in [9.17, 15) is 0 Å². The lowest BCUT2D eigenvalue weighted by Gasteiger charge is -2.22. The molecule has 0 amide bonds. The maximum absolute atomic E-state index is 5.92. The van der Waals surface area contributed by atoms with Crippen molar-refractivity contribution in [3.8, 4) is 0 Å². The molecule has 0 unspecified atom stereocenters. The number of rotatable bonds is 3. The van der Waals surface area contributed by atoms with E-state index >= 15 is 0 Å². The number of hydrogen-bond acceptors (Lipinski definition) is 5. The monoisotopic (exact) mass is 272 g/mol. The van der Waals surface area contributed by atoms with Gasteiger partial charge in [-0.05, 0) is 48.8 Å². The van der Waals surface area contributed by atoms with E-state index in [0.29, 0.717) is 17.4 Å². The quantitative estimate of drug-likeness (QED) is 0.828. The van der Waals surface area contributed by atoms with Crippen molar-refractivity contribution in [2.75, 3.05) is 29.1 Å². The van der Waals surface area contributed by atoms with Crippen molar-refractivity contribution in [1.29, 1.82) is 0 Å². The van der Waals surface area contributed by atoms with Crippen molar-refractivity contribution in [1.82, 2.24) is 9.97 Å². The number of nitrogens with zero attached hydrogens (tertiary/aromatic N) is 2. The molecular weight excluding hydrogens is 256 g/mol. The van der Waals surface area contributed by atoms with Gasteiger partial charge in [-0.3, -0.25) is 0 Å². The fraction of sp³-hybridized carbons (Fsp3) is 0.636. The highest BCUT2D eigenvalue weighted by Gasteiger charge is 2.15. The van der Waals surface area contributed by atoms with E-state index in [4.69, 9.17) is 17.3 Å². The Morgan fingerprint density at radius 2 is 2.12 bits per heavy atom. The molecule has 1 aliphatic heterocycles. The molecule has 1 saturated heterocycles. The van der Waals surface area contributed by atoms with Gasteiger partial charge in [-0.2, -0.15) is 16.7 Å². The second kappa shape index (κ2) is 5.78. The van der Waals surface area contributed by atoms with Crippen LogP contribution in [0.1, 0.15) is 18.5 Å². The summed E-state index contributed by atoms with van der Waals surface area (Å²) in [5, 5.41) is 3.54. The van der Waals surface area contributed by atoms with Gasteiger partial charge in [-0.25, -0.2) is 4.98 Å². The van der Waals surface area contributed by atoms with Crippen molar-refractivity contribution < 1.29 is 0 Å². The first-order valence-corrected chi connectivity index (χ1v) is 7.31. The molecule has 0 aromatic carbocycles. The third-order valence-corrected chi connectivity index (χ3v) is 4.23. The topological polar surface area (TPSA) is 63.8 Å². The highest BCUT2D eigenvalue weighted by atomic mass is 35.5. The zero-order chi connectivity index (χ0) is 12.3. The van der Waals surface area contributed by atoms with E-state index in [1.54, 1.807) is 0 Å². The third kappa shape index (κ3) is 3.39.